The highest BCUT2D eigenvalue weighted by Crippen LogP contribution is 2.20. The predicted octanol–water partition coefficient (Wildman–Crippen LogP) is 2.50. The first kappa shape index (κ1) is 7.19. The third-order valence-electron chi connectivity index (χ3n) is 0.945. The number of hydrogen-bond donors (Lipinski definition) is 0. The molecule has 0 amide bonds. The average Bonchev–Trinajstić information content (AvgIpc) is 1.98. The maximum Gasteiger partial charge on any atom is 0.219 e. The van der Waals surface area contributed by atoms with E-state index in [1.807, 2.05) is 0 Å². The summed E-state index contributed by atoms with van der Waals surface area (Å²) in [5.74, 6) is 0. The Morgan fingerprint density at radius 1 is 1.44 bits per heavy atom. The summed E-state index contributed by atoms with van der Waals surface area (Å²) in [5.41, 5.74) is 0.656. The van der Waals surface area contributed by atoms with Gasteiger partial charge in [0.25, 0.3) is 0 Å². The highest BCUT2D eigenvalue weighted by molar-refractivity contribution is 6.35. The number of imidazole rings is 1. The molecular formula is C4H3Cl3N2. The zero-order valence-electron chi connectivity index (χ0n) is 4.53. The van der Waals surface area contributed by atoms with Crippen LogP contribution in [0.15, 0.2) is 0 Å². The van der Waals surface area contributed by atoms with Crippen LogP contribution in [0.25, 0.3) is 0 Å². The fraction of sp³-hybridized carbons (Fsp3) is 0.250. The molecule has 2 nitrogen and oxygen atoms in total. The van der Waals surface area contributed by atoms with Gasteiger partial charge in [-0.15, -0.1) is 0 Å². The molecule has 5 heteroatoms. The zero-order valence-corrected chi connectivity index (χ0v) is 6.80. The number of aromatic nitrogens is 2. The van der Waals surface area contributed by atoms with Gasteiger partial charge in [0.1, 0.15) is 0 Å². The van der Waals surface area contributed by atoms with Crippen molar-refractivity contribution < 1.29 is 0 Å². The minimum Gasteiger partial charge on any atom is -0.228 e. The summed E-state index contributed by atoms with van der Waals surface area (Å²) < 4.78 is 1.20. The molecule has 1 rings (SSSR count). The molecule has 1 aromatic heterocycles. The van der Waals surface area contributed by atoms with Gasteiger partial charge >= 0.3 is 0 Å². The first-order valence-electron chi connectivity index (χ1n) is 2.19. The molecule has 0 spiro atoms. The molecule has 1 aromatic rings. The molecule has 0 aliphatic rings. The van der Waals surface area contributed by atoms with Crippen LogP contribution in [0, 0.1) is 6.92 Å². The van der Waals surface area contributed by atoms with Crippen LogP contribution in [0.5, 0.6) is 0 Å². The fourth-order valence-electron chi connectivity index (χ4n) is 0.425. The van der Waals surface area contributed by atoms with Gasteiger partial charge in [-0.1, -0.05) is 11.6 Å². The molecule has 50 valence electrons. The van der Waals surface area contributed by atoms with E-state index < -0.39 is 0 Å². The van der Waals surface area contributed by atoms with Crippen LogP contribution in [-0.4, -0.2) is 9.07 Å². The number of hydrogen-bond acceptors (Lipinski definition) is 1. The molecule has 0 aromatic carbocycles. The second kappa shape index (κ2) is 2.37. The lowest BCUT2D eigenvalue weighted by molar-refractivity contribution is 1.14. The fourth-order valence-corrected chi connectivity index (χ4v) is 1.01. The summed E-state index contributed by atoms with van der Waals surface area (Å²) in [6.07, 6.45) is 0. The Balaban J connectivity index is 3.29. The Morgan fingerprint density at radius 3 is 2.11 bits per heavy atom. The summed E-state index contributed by atoms with van der Waals surface area (Å²) in [4.78, 5) is 3.67. The lowest BCUT2D eigenvalue weighted by Gasteiger charge is -1.88. The van der Waals surface area contributed by atoms with Crippen LogP contribution < -0.4 is 0 Å². The van der Waals surface area contributed by atoms with E-state index in [0.29, 0.717) is 10.8 Å². The molecule has 0 aliphatic heterocycles. The van der Waals surface area contributed by atoms with E-state index in [2.05, 4.69) is 4.98 Å². The minimum absolute atomic E-state index is 0.194. The first-order valence-corrected chi connectivity index (χ1v) is 3.29. The van der Waals surface area contributed by atoms with Gasteiger partial charge in [-0.3, -0.25) is 0 Å². The molecule has 0 saturated carbocycles. The van der Waals surface area contributed by atoms with Gasteiger partial charge in [0.05, 0.1) is 5.69 Å². The maximum absolute atomic E-state index is 5.54. The van der Waals surface area contributed by atoms with Gasteiger partial charge in [-0.25, -0.2) is 9.07 Å². The molecule has 0 unspecified atom stereocenters. The summed E-state index contributed by atoms with van der Waals surface area (Å²) >= 11 is 16.5. The highest BCUT2D eigenvalue weighted by atomic mass is 35.5. The van der Waals surface area contributed by atoms with E-state index in [9.17, 15) is 0 Å². The summed E-state index contributed by atoms with van der Waals surface area (Å²) in [7, 11) is 0. The maximum atomic E-state index is 5.54. The van der Waals surface area contributed by atoms with Crippen LogP contribution >= 0.6 is 35.0 Å². The van der Waals surface area contributed by atoms with Crippen LogP contribution in [0.3, 0.4) is 0 Å². The van der Waals surface area contributed by atoms with Crippen molar-refractivity contribution in [3.8, 4) is 0 Å². The van der Waals surface area contributed by atoms with E-state index in [4.69, 9.17) is 35.0 Å². The quantitative estimate of drug-likeness (QED) is 0.607. The van der Waals surface area contributed by atoms with Crippen molar-refractivity contribution in [3.63, 3.8) is 0 Å². The Morgan fingerprint density at radius 2 is 2.00 bits per heavy atom. The molecule has 9 heavy (non-hydrogen) atoms. The van der Waals surface area contributed by atoms with E-state index >= 15 is 0 Å². The van der Waals surface area contributed by atoms with Crippen LogP contribution in [0.2, 0.25) is 10.4 Å². The van der Waals surface area contributed by atoms with Crippen molar-refractivity contribution in [2.45, 2.75) is 6.92 Å². The molecule has 0 atom stereocenters. The Hall–Kier alpha value is 0.0800. The molecule has 0 N–H and O–H groups in total. The van der Waals surface area contributed by atoms with Crippen molar-refractivity contribution in [1.29, 1.82) is 0 Å². The van der Waals surface area contributed by atoms with Gasteiger partial charge in [0.15, 0.2) is 5.15 Å². The normalized spacial score (nSPS) is 10.2. The van der Waals surface area contributed by atoms with Crippen molar-refractivity contribution in [2.24, 2.45) is 0 Å². The van der Waals surface area contributed by atoms with Crippen molar-refractivity contribution in [2.75, 3.05) is 0 Å². The molecule has 0 fully saturated rings. The highest BCUT2D eigenvalue weighted by Gasteiger charge is 2.06. The van der Waals surface area contributed by atoms with Crippen molar-refractivity contribution in [1.82, 2.24) is 9.07 Å². The van der Waals surface area contributed by atoms with Gasteiger partial charge < -0.3 is 0 Å². The second-order valence-corrected chi connectivity index (χ2v) is 2.57. The molecule has 1 heterocycles. The number of nitrogens with zero attached hydrogens (tertiary/aromatic N) is 2. The molecular weight excluding hydrogens is 182 g/mol. The van der Waals surface area contributed by atoms with Crippen molar-refractivity contribution in [3.05, 3.63) is 16.1 Å². The van der Waals surface area contributed by atoms with Gasteiger partial charge in [0.2, 0.25) is 5.28 Å². The Labute approximate surface area is 67.5 Å². The van der Waals surface area contributed by atoms with Crippen LogP contribution in [0.1, 0.15) is 5.69 Å². The van der Waals surface area contributed by atoms with Gasteiger partial charge in [-0.05, 0) is 18.5 Å². The van der Waals surface area contributed by atoms with Gasteiger partial charge in [-0.2, -0.15) is 0 Å². The Kier molecular flexibility index (Phi) is 1.89. The summed E-state index contributed by atoms with van der Waals surface area (Å²) in [5, 5.41) is 0.536. The monoisotopic (exact) mass is 184 g/mol. The smallest absolute Gasteiger partial charge is 0.219 e. The minimum atomic E-state index is 0.194. The molecule has 0 radical (unpaired) electrons. The van der Waals surface area contributed by atoms with Crippen LogP contribution in [-0.2, 0) is 0 Å². The molecule has 0 aliphatic carbocycles. The second-order valence-electron chi connectivity index (χ2n) is 1.54. The average molecular weight is 185 g/mol. The lowest BCUT2D eigenvalue weighted by Crippen LogP contribution is -1.80. The van der Waals surface area contributed by atoms with E-state index in [1.54, 1.807) is 6.92 Å². The number of rotatable bonds is 0. The van der Waals surface area contributed by atoms with E-state index in [-0.39, 0.29) is 5.28 Å². The summed E-state index contributed by atoms with van der Waals surface area (Å²) in [6, 6.07) is 0. The van der Waals surface area contributed by atoms with Gasteiger partial charge in [0, 0.05) is 11.8 Å². The third kappa shape index (κ3) is 1.16. The largest absolute Gasteiger partial charge is 0.228 e. The number of halogens is 3. The molecule has 0 saturated heterocycles. The topological polar surface area (TPSA) is 17.8 Å². The zero-order chi connectivity index (χ0) is 7.02. The third-order valence-corrected chi connectivity index (χ3v) is 2.06. The predicted molar refractivity (Wildman–Crippen MR) is 38.2 cm³/mol. The summed E-state index contributed by atoms with van der Waals surface area (Å²) in [6.45, 7) is 1.73. The first-order chi connectivity index (χ1) is 4.13. The SMILES string of the molecule is Cc1c(Cl)nc(Cl)n1Cl. The van der Waals surface area contributed by atoms with Crippen molar-refractivity contribution >= 4 is 35.0 Å². The standard InChI is InChI=1S/C4H3Cl3N2/c1-2-3(5)8-4(6)9(2)7/h1H3. The Bertz CT molecular complexity index is 207. The van der Waals surface area contributed by atoms with E-state index in [1.165, 1.54) is 4.09 Å². The molecule has 0 bridgehead atoms. The van der Waals surface area contributed by atoms with Crippen LogP contribution in [0.4, 0.5) is 0 Å². The lowest BCUT2D eigenvalue weighted by atomic mass is 10.6. The van der Waals surface area contributed by atoms with E-state index in [0.717, 1.165) is 0 Å².